The van der Waals surface area contributed by atoms with E-state index < -0.39 is 24.6 Å². The van der Waals surface area contributed by atoms with Gasteiger partial charge < -0.3 is 34.6 Å². The van der Waals surface area contributed by atoms with Gasteiger partial charge in [-0.1, -0.05) is 45.0 Å². The molecule has 38 heavy (non-hydrogen) atoms. The summed E-state index contributed by atoms with van der Waals surface area (Å²) in [5.41, 5.74) is 5.90. The van der Waals surface area contributed by atoms with Gasteiger partial charge >= 0.3 is 0 Å². The van der Waals surface area contributed by atoms with Gasteiger partial charge in [-0.2, -0.15) is 0 Å². The Hall–Kier alpha value is -2.00. The van der Waals surface area contributed by atoms with Crippen molar-refractivity contribution in [2.24, 2.45) is 11.8 Å². The van der Waals surface area contributed by atoms with Crippen LogP contribution in [0.25, 0.3) is 0 Å². The van der Waals surface area contributed by atoms with Gasteiger partial charge in [0.15, 0.2) is 6.29 Å². The fourth-order valence-corrected chi connectivity index (χ4v) is 5.96. The van der Waals surface area contributed by atoms with Gasteiger partial charge in [0.2, 0.25) is 0 Å². The molecule has 7 atom stereocenters. The summed E-state index contributed by atoms with van der Waals surface area (Å²) in [6.07, 6.45) is -4.20. The van der Waals surface area contributed by atoms with Crippen molar-refractivity contribution in [1.29, 1.82) is 0 Å². The van der Waals surface area contributed by atoms with Crippen LogP contribution in [-0.2, 0) is 21.3 Å². The van der Waals surface area contributed by atoms with Crippen LogP contribution in [0.15, 0.2) is 36.4 Å². The Labute approximate surface area is 226 Å². The lowest BCUT2D eigenvalue weighted by Crippen LogP contribution is -2.54. The Morgan fingerprint density at radius 3 is 2.42 bits per heavy atom. The Morgan fingerprint density at radius 2 is 1.76 bits per heavy atom. The number of hydrogen-bond acceptors (Lipinski definition) is 7. The molecule has 7 nitrogen and oxygen atoms in total. The Kier molecular flexibility index (Phi) is 8.87. The largest absolute Gasteiger partial charge is 0.491 e. The lowest BCUT2D eigenvalue weighted by atomic mass is 9.66. The second-order valence-corrected chi connectivity index (χ2v) is 12.2. The van der Waals surface area contributed by atoms with Crippen LogP contribution in [-0.4, -0.2) is 71.0 Å². The second-order valence-electron chi connectivity index (χ2n) is 12.2. The summed E-state index contributed by atoms with van der Waals surface area (Å²) in [5.74, 6) is 0.499. The maximum atomic E-state index is 10.5. The first kappa shape index (κ1) is 29.0. The van der Waals surface area contributed by atoms with E-state index in [4.69, 9.17) is 14.2 Å². The van der Waals surface area contributed by atoms with Crippen molar-refractivity contribution in [2.45, 2.75) is 90.0 Å². The molecule has 2 aromatic carbocycles. The molecule has 0 aromatic heterocycles. The first-order valence-electron chi connectivity index (χ1n) is 13.7. The smallest absolute Gasteiger partial charge is 0.186 e. The molecule has 0 spiro atoms. The molecular formula is C31H44O7. The van der Waals surface area contributed by atoms with E-state index in [1.54, 1.807) is 0 Å². The molecule has 7 heteroatoms. The van der Waals surface area contributed by atoms with E-state index in [0.717, 1.165) is 16.9 Å². The highest BCUT2D eigenvalue weighted by molar-refractivity contribution is 5.48. The SMILES string of the molecule is Cc1ccc(C2c3cc(OC(C)C)ccc3C[C@H](CO)[C@H]2CO[C@@H]2OC[C@@H](O)[C@H](O)[C@H]2O)cc1C(C)(C)C. The maximum absolute atomic E-state index is 10.5. The van der Waals surface area contributed by atoms with Gasteiger partial charge in [0.05, 0.1) is 19.3 Å². The summed E-state index contributed by atoms with van der Waals surface area (Å²) in [5, 5.41) is 40.9. The summed E-state index contributed by atoms with van der Waals surface area (Å²) in [6.45, 7) is 12.8. The lowest BCUT2D eigenvalue weighted by Gasteiger charge is -2.42. The highest BCUT2D eigenvalue weighted by Crippen LogP contribution is 2.46. The molecular weight excluding hydrogens is 484 g/mol. The molecule has 0 amide bonds. The number of rotatable bonds is 7. The quantitative estimate of drug-likeness (QED) is 0.436. The Bertz CT molecular complexity index is 1090. The topological polar surface area (TPSA) is 109 Å². The minimum Gasteiger partial charge on any atom is -0.491 e. The number of aliphatic hydroxyl groups is 4. The van der Waals surface area contributed by atoms with E-state index >= 15 is 0 Å². The Balaban J connectivity index is 1.76. The maximum Gasteiger partial charge on any atom is 0.186 e. The fourth-order valence-electron chi connectivity index (χ4n) is 5.96. The van der Waals surface area contributed by atoms with Crippen molar-refractivity contribution in [3.8, 4) is 5.75 Å². The Morgan fingerprint density at radius 1 is 1.03 bits per heavy atom. The molecule has 1 unspecified atom stereocenters. The summed E-state index contributed by atoms with van der Waals surface area (Å²) >= 11 is 0. The summed E-state index contributed by atoms with van der Waals surface area (Å²) < 4.78 is 17.7. The van der Waals surface area contributed by atoms with Gasteiger partial charge in [0, 0.05) is 12.5 Å². The molecule has 2 aliphatic rings. The molecule has 1 aliphatic carbocycles. The van der Waals surface area contributed by atoms with Crippen LogP contribution in [0, 0.1) is 18.8 Å². The summed E-state index contributed by atoms with van der Waals surface area (Å²) in [6, 6.07) is 12.8. The molecule has 1 heterocycles. The number of fused-ring (bicyclic) bond motifs is 1. The molecule has 1 fully saturated rings. The second kappa shape index (κ2) is 11.6. The molecule has 4 rings (SSSR count). The number of aliphatic hydroxyl groups excluding tert-OH is 4. The van der Waals surface area contributed by atoms with Gasteiger partial charge in [-0.15, -0.1) is 0 Å². The standard InChI is InChI=1S/C31H44O7/c1-17(2)38-22-10-9-19-11-21(14-32)24(15-36-30-29(35)28(34)26(33)16-37-30)27(23(19)13-22)20-8-7-18(3)25(12-20)31(4,5)6/h7-10,12-13,17,21,24,26-30,32-35H,11,14-16H2,1-6H3/t21-,24-,26-,27?,28+,29-,30-/m1/s1. The van der Waals surface area contributed by atoms with Crippen LogP contribution in [0.2, 0.25) is 0 Å². The van der Waals surface area contributed by atoms with E-state index in [1.807, 2.05) is 19.9 Å². The monoisotopic (exact) mass is 528 g/mol. The molecule has 210 valence electrons. The van der Waals surface area contributed by atoms with E-state index in [2.05, 4.69) is 58.0 Å². The van der Waals surface area contributed by atoms with Crippen molar-refractivity contribution >= 4 is 0 Å². The molecule has 0 radical (unpaired) electrons. The molecule has 0 bridgehead atoms. The highest BCUT2D eigenvalue weighted by Gasteiger charge is 2.42. The third-order valence-corrected chi connectivity index (χ3v) is 7.91. The average Bonchev–Trinajstić information content (AvgIpc) is 2.85. The highest BCUT2D eigenvalue weighted by atomic mass is 16.7. The molecule has 2 aromatic rings. The van der Waals surface area contributed by atoms with Gasteiger partial charge in [0.25, 0.3) is 0 Å². The number of ether oxygens (including phenoxy) is 3. The normalized spacial score (nSPS) is 29.8. The van der Waals surface area contributed by atoms with Gasteiger partial charge in [-0.25, -0.2) is 0 Å². The zero-order chi connectivity index (χ0) is 27.8. The summed E-state index contributed by atoms with van der Waals surface area (Å²) in [4.78, 5) is 0. The van der Waals surface area contributed by atoms with Crippen molar-refractivity contribution in [3.63, 3.8) is 0 Å². The van der Waals surface area contributed by atoms with Crippen molar-refractivity contribution in [2.75, 3.05) is 19.8 Å². The zero-order valence-electron chi connectivity index (χ0n) is 23.4. The molecule has 1 saturated heterocycles. The van der Waals surface area contributed by atoms with E-state index in [0.29, 0.717) is 6.42 Å². The predicted molar refractivity (Wildman–Crippen MR) is 145 cm³/mol. The van der Waals surface area contributed by atoms with Gasteiger partial charge in [0.1, 0.15) is 24.1 Å². The number of benzene rings is 2. The van der Waals surface area contributed by atoms with Crippen molar-refractivity contribution < 1.29 is 34.6 Å². The van der Waals surface area contributed by atoms with Crippen LogP contribution in [0.3, 0.4) is 0 Å². The molecule has 1 aliphatic heterocycles. The number of aryl methyl sites for hydroxylation is 1. The van der Waals surface area contributed by atoms with E-state index in [-0.39, 0.29) is 49.1 Å². The van der Waals surface area contributed by atoms with Crippen molar-refractivity contribution in [1.82, 2.24) is 0 Å². The lowest BCUT2D eigenvalue weighted by molar-refractivity contribution is -0.274. The minimum absolute atomic E-state index is 0.0123. The minimum atomic E-state index is -1.36. The van der Waals surface area contributed by atoms with Gasteiger partial charge in [-0.05, 0) is 84.4 Å². The van der Waals surface area contributed by atoms with Crippen LogP contribution < -0.4 is 4.74 Å². The molecule has 4 N–H and O–H groups in total. The van der Waals surface area contributed by atoms with Crippen molar-refractivity contribution in [3.05, 3.63) is 64.2 Å². The third-order valence-electron chi connectivity index (χ3n) is 7.91. The average molecular weight is 529 g/mol. The van der Waals surface area contributed by atoms with Crippen LogP contribution in [0.4, 0.5) is 0 Å². The first-order chi connectivity index (χ1) is 17.9. The van der Waals surface area contributed by atoms with Crippen LogP contribution in [0.1, 0.15) is 68.4 Å². The summed E-state index contributed by atoms with van der Waals surface area (Å²) in [7, 11) is 0. The number of hydrogen-bond donors (Lipinski definition) is 4. The fraction of sp³-hybridized carbons (Fsp3) is 0.613. The van der Waals surface area contributed by atoms with Crippen LogP contribution in [0.5, 0.6) is 5.75 Å². The van der Waals surface area contributed by atoms with Gasteiger partial charge in [-0.3, -0.25) is 0 Å². The van der Waals surface area contributed by atoms with Crippen LogP contribution >= 0.6 is 0 Å². The molecule has 0 saturated carbocycles. The third kappa shape index (κ3) is 6.09. The predicted octanol–water partition coefficient (Wildman–Crippen LogP) is 3.45. The van der Waals surface area contributed by atoms with E-state index in [9.17, 15) is 20.4 Å². The first-order valence-corrected chi connectivity index (χ1v) is 13.7. The zero-order valence-corrected chi connectivity index (χ0v) is 23.4. The van der Waals surface area contributed by atoms with E-state index in [1.165, 1.54) is 16.7 Å².